The average Bonchev–Trinajstić information content (AvgIpc) is 3.26. The lowest BCUT2D eigenvalue weighted by Crippen LogP contribution is -2.24. The van der Waals surface area contributed by atoms with Gasteiger partial charge in [-0.05, 0) is 50.1 Å². The van der Waals surface area contributed by atoms with Gasteiger partial charge >= 0.3 is 0 Å². The number of aromatic amines is 1. The van der Waals surface area contributed by atoms with Gasteiger partial charge in [0.2, 0.25) is 11.7 Å². The Bertz CT molecular complexity index is 1130. The number of amides is 1. The van der Waals surface area contributed by atoms with E-state index in [9.17, 15) is 4.79 Å². The Morgan fingerprint density at radius 3 is 2.85 bits per heavy atom. The molecular formula is C20H19N5O2. The van der Waals surface area contributed by atoms with Gasteiger partial charge in [-0.15, -0.1) is 0 Å². The van der Waals surface area contributed by atoms with Crippen LogP contribution in [0.1, 0.15) is 33.1 Å². The Morgan fingerprint density at radius 1 is 1.22 bits per heavy atom. The molecule has 0 saturated carbocycles. The largest absolute Gasteiger partial charge is 0.350 e. The third-order valence-electron chi connectivity index (χ3n) is 4.50. The van der Waals surface area contributed by atoms with E-state index in [1.165, 1.54) is 5.56 Å². The zero-order valence-corrected chi connectivity index (χ0v) is 15.3. The van der Waals surface area contributed by atoms with Crippen LogP contribution < -0.4 is 5.32 Å². The second-order valence-corrected chi connectivity index (χ2v) is 6.54. The molecule has 3 heterocycles. The number of carbonyl (C=O) groups is 1. The SMILES string of the molecule is Cc1cc(C)c2[nH]c(C(=O)NCc3nc(-c4ccccn4)no3)c(C)c2c1. The number of hydrogen-bond donors (Lipinski definition) is 2. The van der Waals surface area contributed by atoms with Crippen molar-refractivity contribution in [1.82, 2.24) is 25.4 Å². The molecular weight excluding hydrogens is 342 g/mol. The molecule has 0 aliphatic rings. The van der Waals surface area contributed by atoms with Gasteiger partial charge in [0.25, 0.3) is 5.91 Å². The van der Waals surface area contributed by atoms with Crippen molar-refractivity contribution in [1.29, 1.82) is 0 Å². The highest BCUT2D eigenvalue weighted by atomic mass is 16.5. The van der Waals surface area contributed by atoms with Crippen LogP contribution in [0.15, 0.2) is 41.1 Å². The van der Waals surface area contributed by atoms with E-state index in [2.05, 4.69) is 37.6 Å². The minimum absolute atomic E-state index is 0.144. The summed E-state index contributed by atoms with van der Waals surface area (Å²) in [5, 5.41) is 7.79. The minimum Gasteiger partial charge on any atom is -0.350 e. The fourth-order valence-electron chi connectivity index (χ4n) is 3.18. The highest BCUT2D eigenvalue weighted by Crippen LogP contribution is 2.26. The zero-order valence-electron chi connectivity index (χ0n) is 15.3. The van der Waals surface area contributed by atoms with Crippen LogP contribution in [0.2, 0.25) is 0 Å². The fraction of sp³-hybridized carbons (Fsp3) is 0.200. The van der Waals surface area contributed by atoms with Crippen molar-refractivity contribution in [3.05, 3.63) is 64.8 Å². The van der Waals surface area contributed by atoms with Gasteiger partial charge in [-0.25, -0.2) is 0 Å². The molecule has 0 atom stereocenters. The first-order chi connectivity index (χ1) is 13.0. The topological polar surface area (TPSA) is 96.7 Å². The first kappa shape index (κ1) is 17.0. The summed E-state index contributed by atoms with van der Waals surface area (Å²) in [6.45, 7) is 6.17. The van der Waals surface area contributed by atoms with E-state index in [4.69, 9.17) is 4.52 Å². The van der Waals surface area contributed by atoms with Crippen LogP contribution in [0.25, 0.3) is 22.4 Å². The maximum Gasteiger partial charge on any atom is 0.268 e. The van der Waals surface area contributed by atoms with Crippen LogP contribution in [-0.2, 0) is 6.54 Å². The highest BCUT2D eigenvalue weighted by molar-refractivity contribution is 6.01. The quantitative estimate of drug-likeness (QED) is 0.580. The lowest BCUT2D eigenvalue weighted by Gasteiger charge is -2.01. The monoisotopic (exact) mass is 361 g/mol. The van der Waals surface area contributed by atoms with Crippen LogP contribution in [0.5, 0.6) is 0 Å². The van der Waals surface area contributed by atoms with Crippen molar-refractivity contribution < 1.29 is 9.32 Å². The molecule has 4 rings (SSSR count). The van der Waals surface area contributed by atoms with Gasteiger partial charge in [0, 0.05) is 17.1 Å². The molecule has 3 aromatic heterocycles. The molecule has 0 bridgehead atoms. The van der Waals surface area contributed by atoms with E-state index in [-0.39, 0.29) is 12.5 Å². The number of rotatable bonds is 4. The molecule has 4 aromatic rings. The minimum atomic E-state index is -0.210. The number of pyridine rings is 1. The second-order valence-electron chi connectivity index (χ2n) is 6.54. The first-order valence-electron chi connectivity index (χ1n) is 8.64. The molecule has 0 spiro atoms. The van der Waals surface area contributed by atoms with Gasteiger partial charge in [-0.1, -0.05) is 22.9 Å². The lowest BCUT2D eigenvalue weighted by molar-refractivity contribution is 0.0941. The highest BCUT2D eigenvalue weighted by Gasteiger charge is 2.17. The summed E-state index contributed by atoms with van der Waals surface area (Å²) in [7, 11) is 0. The van der Waals surface area contributed by atoms with Crippen LogP contribution in [-0.4, -0.2) is 26.0 Å². The van der Waals surface area contributed by atoms with E-state index >= 15 is 0 Å². The van der Waals surface area contributed by atoms with Crippen LogP contribution in [0.3, 0.4) is 0 Å². The standard InChI is InChI=1S/C20H19N5O2/c1-11-8-12(2)17-14(9-11)13(3)18(24-17)20(26)22-10-16-23-19(25-27-16)15-6-4-5-7-21-15/h4-9,24H,10H2,1-3H3,(H,22,26). The normalized spacial score (nSPS) is 11.1. The van der Waals surface area contributed by atoms with Crippen molar-refractivity contribution in [3.8, 4) is 11.5 Å². The summed E-state index contributed by atoms with van der Waals surface area (Å²) in [4.78, 5) is 24.3. The average molecular weight is 361 g/mol. The Labute approximate surface area is 155 Å². The van der Waals surface area contributed by atoms with Crippen molar-refractivity contribution in [2.24, 2.45) is 0 Å². The molecule has 2 N–H and O–H groups in total. The van der Waals surface area contributed by atoms with Crippen molar-refractivity contribution in [3.63, 3.8) is 0 Å². The molecule has 0 unspecified atom stereocenters. The molecule has 7 nitrogen and oxygen atoms in total. The predicted octanol–water partition coefficient (Wildman–Crippen LogP) is 3.47. The van der Waals surface area contributed by atoms with Gasteiger partial charge in [0.05, 0.1) is 6.54 Å². The van der Waals surface area contributed by atoms with Crippen molar-refractivity contribution in [2.45, 2.75) is 27.3 Å². The summed E-state index contributed by atoms with van der Waals surface area (Å²) >= 11 is 0. The summed E-state index contributed by atoms with van der Waals surface area (Å²) < 4.78 is 5.20. The maximum atomic E-state index is 12.6. The number of aromatic nitrogens is 4. The van der Waals surface area contributed by atoms with Crippen LogP contribution in [0, 0.1) is 20.8 Å². The van der Waals surface area contributed by atoms with Gasteiger partial charge < -0.3 is 14.8 Å². The van der Waals surface area contributed by atoms with E-state index < -0.39 is 0 Å². The number of hydrogen-bond acceptors (Lipinski definition) is 5. The third kappa shape index (κ3) is 3.19. The molecule has 1 amide bonds. The van der Waals surface area contributed by atoms with Gasteiger partial charge in [-0.3, -0.25) is 9.78 Å². The van der Waals surface area contributed by atoms with E-state index in [1.807, 2.05) is 32.9 Å². The first-order valence-corrected chi connectivity index (χ1v) is 8.64. The maximum absolute atomic E-state index is 12.6. The second kappa shape index (κ2) is 6.68. The molecule has 136 valence electrons. The van der Waals surface area contributed by atoms with E-state index in [0.29, 0.717) is 23.1 Å². The fourth-order valence-corrected chi connectivity index (χ4v) is 3.18. The number of nitrogens with zero attached hydrogens (tertiary/aromatic N) is 3. The summed E-state index contributed by atoms with van der Waals surface area (Å²) in [5.41, 5.74) is 5.36. The summed E-state index contributed by atoms with van der Waals surface area (Å²) in [5.74, 6) is 0.510. The number of aryl methyl sites for hydroxylation is 3. The van der Waals surface area contributed by atoms with Crippen LogP contribution >= 0.6 is 0 Å². The number of fused-ring (bicyclic) bond motifs is 1. The summed E-state index contributed by atoms with van der Waals surface area (Å²) in [6.07, 6.45) is 1.66. The van der Waals surface area contributed by atoms with Gasteiger partial charge in [-0.2, -0.15) is 4.98 Å². The molecule has 0 aliphatic carbocycles. The molecule has 27 heavy (non-hydrogen) atoms. The smallest absolute Gasteiger partial charge is 0.268 e. The Hall–Kier alpha value is -3.48. The summed E-state index contributed by atoms with van der Waals surface area (Å²) in [6, 6.07) is 9.64. The van der Waals surface area contributed by atoms with E-state index in [1.54, 1.807) is 12.3 Å². The Morgan fingerprint density at radius 2 is 2.07 bits per heavy atom. The van der Waals surface area contributed by atoms with Crippen molar-refractivity contribution >= 4 is 16.8 Å². The van der Waals surface area contributed by atoms with E-state index in [0.717, 1.165) is 22.0 Å². The molecule has 0 fully saturated rings. The molecule has 7 heteroatoms. The number of benzene rings is 1. The number of H-pyrrole nitrogens is 1. The van der Waals surface area contributed by atoms with Gasteiger partial charge in [0.15, 0.2) is 0 Å². The molecule has 0 aliphatic heterocycles. The predicted molar refractivity (Wildman–Crippen MR) is 101 cm³/mol. The molecule has 1 aromatic carbocycles. The molecule has 0 saturated heterocycles. The zero-order chi connectivity index (χ0) is 19.0. The van der Waals surface area contributed by atoms with Gasteiger partial charge in [0.1, 0.15) is 11.4 Å². The van der Waals surface area contributed by atoms with Crippen molar-refractivity contribution in [2.75, 3.05) is 0 Å². The van der Waals surface area contributed by atoms with Crippen LogP contribution in [0.4, 0.5) is 0 Å². The lowest BCUT2D eigenvalue weighted by atomic mass is 10.1. The number of nitrogens with one attached hydrogen (secondary N) is 2. The Kier molecular flexibility index (Phi) is 4.19. The Balaban J connectivity index is 1.52. The number of carbonyl (C=O) groups excluding carboxylic acids is 1. The molecule has 0 radical (unpaired) electrons. The third-order valence-corrected chi connectivity index (χ3v) is 4.50.